The Morgan fingerprint density at radius 1 is 1.00 bits per heavy atom. The summed E-state index contributed by atoms with van der Waals surface area (Å²) in [6.07, 6.45) is 0. The van der Waals surface area contributed by atoms with Crippen molar-refractivity contribution in [2.75, 3.05) is 5.32 Å². The van der Waals surface area contributed by atoms with Crippen molar-refractivity contribution in [2.45, 2.75) is 6.92 Å². The van der Waals surface area contributed by atoms with Gasteiger partial charge in [0, 0.05) is 23.4 Å². The molecule has 1 N–H and O–H groups in total. The fourth-order valence-electron chi connectivity index (χ4n) is 3.05. The minimum atomic E-state index is -0.498. The van der Waals surface area contributed by atoms with Crippen molar-refractivity contribution in [3.8, 4) is 16.9 Å². The molecule has 1 aromatic heterocycles. The van der Waals surface area contributed by atoms with E-state index in [1.165, 1.54) is 41.1 Å². The lowest BCUT2D eigenvalue weighted by molar-refractivity contribution is -0.384. The molecule has 0 spiro atoms. The van der Waals surface area contributed by atoms with Crippen LogP contribution < -0.4 is 5.32 Å². The first-order valence-electron chi connectivity index (χ1n) is 9.39. The number of aryl methyl sites for hydroxylation is 1. The van der Waals surface area contributed by atoms with Gasteiger partial charge in [0.2, 0.25) is 0 Å². The van der Waals surface area contributed by atoms with Gasteiger partial charge in [0.15, 0.2) is 0 Å². The van der Waals surface area contributed by atoms with E-state index in [0.717, 1.165) is 5.56 Å². The first kappa shape index (κ1) is 20.0. The standard InChI is InChI=1S/C23H17FN4O3/c1-15-2-8-18(9-3-15)25-23(29)22-14-21(16-4-6-17(24)7-5-16)26-27(22)19-10-12-20(13-11-19)28(30)31/h2-14H,1H3,(H,25,29). The molecule has 0 saturated carbocycles. The van der Waals surface area contributed by atoms with Gasteiger partial charge in [-0.25, -0.2) is 9.07 Å². The Morgan fingerprint density at radius 3 is 2.26 bits per heavy atom. The molecule has 154 valence electrons. The van der Waals surface area contributed by atoms with Crippen LogP contribution in [0.5, 0.6) is 0 Å². The molecule has 1 heterocycles. The number of carbonyl (C=O) groups is 1. The smallest absolute Gasteiger partial charge is 0.274 e. The summed E-state index contributed by atoms with van der Waals surface area (Å²) < 4.78 is 14.7. The van der Waals surface area contributed by atoms with Gasteiger partial charge in [-0.3, -0.25) is 14.9 Å². The Morgan fingerprint density at radius 2 is 1.65 bits per heavy atom. The van der Waals surface area contributed by atoms with Gasteiger partial charge in [0.05, 0.1) is 16.3 Å². The first-order valence-corrected chi connectivity index (χ1v) is 9.39. The maximum atomic E-state index is 13.3. The lowest BCUT2D eigenvalue weighted by atomic mass is 10.1. The van der Waals surface area contributed by atoms with E-state index in [9.17, 15) is 19.3 Å². The number of carbonyl (C=O) groups excluding carboxylic acids is 1. The lowest BCUT2D eigenvalue weighted by Crippen LogP contribution is -2.17. The normalized spacial score (nSPS) is 10.6. The largest absolute Gasteiger partial charge is 0.321 e. The van der Waals surface area contributed by atoms with Crippen LogP contribution in [0.25, 0.3) is 16.9 Å². The average molecular weight is 416 g/mol. The summed E-state index contributed by atoms with van der Waals surface area (Å²) >= 11 is 0. The molecule has 0 radical (unpaired) electrons. The number of nitrogens with one attached hydrogen (secondary N) is 1. The zero-order chi connectivity index (χ0) is 22.0. The highest BCUT2D eigenvalue weighted by molar-refractivity contribution is 6.04. The van der Waals surface area contributed by atoms with Crippen molar-refractivity contribution in [1.82, 2.24) is 9.78 Å². The van der Waals surface area contributed by atoms with Crippen LogP contribution >= 0.6 is 0 Å². The molecule has 0 fully saturated rings. The second-order valence-corrected chi connectivity index (χ2v) is 6.93. The van der Waals surface area contributed by atoms with Gasteiger partial charge in [-0.05, 0) is 61.5 Å². The summed E-state index contributed by atoms with van der Waals surface area (Å²) in [5.41, 5.74) is 3.42. The van der Waals surface area contributed by atoms with Crippen LogP contribution in [0, 0.1) is 22.9 Å². The molecule has 1 amide bonds. The van der Waals surface area contributed by atoms with Crippen LogP contribution in [0.3, 0.4) is 0 Å². The molecular weight excluding hydrogens is 399 g/mol. The molecule has 0 atom stereocenters. The highest BCUT2D eigenvalue weighted by Gasteiger charge is 2.19. The number of benzene rings is 3. The molecule has 0 saturated heterocycles. The van der Waals surface area contributed by atoms with Crippen molar-refractivity contribution in [3.05, 3.63) is 106 Å². The Hall–Kier alpha value is -4.33. The molecule has 0 aliphatic carbocycles. The van der Waals surface area contributed by atoms with Gasteiger partial charge in [0.25, 0.3) is 11.6 Å². The Bertz CT molecular complexity index is 1250. The number of non-ortho nitro benzene ring substituents is 1. The van der Waals surface area contributed by atoms with Crippen molar-refractivity contribution < 1.29 is 14.1 Å². The first-order chi connectivity index (χ1) is 14.9. The fourth-order valence-corrected chi connectivity index (χ4v) is 3.05. The van der Waals surface area contributed by atoms with E-state index in [4.69, 9.17) is 0 Å². The van der Waals surface area contributed by atoms with E-state index in [0.29, 0.717) is 22.6 Å². The molecule has 4 rings (SSSR count). The predicted octanol–water partition coefficient (Wildman–Crippen LogP) is 5.15. The van der Waals surface area contributed by atoms with Gasteiger partial charge in [-0.15, -0.1) is 0 Å². The third kappa shape index (κ3) is 4.32. The van der Waals surface area contributed by atoms with E-state index in [2.05, 4.69) is 10.4 Å². The van der Waals surface area contributed by atoms with Gasteiger partial charge >= 0.3 is 0 Å². The number of aromatic nitrogens is 2. The molecular formula is C23H17FN4O3. The van der Waals surface area contributed by atoms with Crippen LogP contribution in [0.4, 0.5) is 15.8 Å². The van der Waals surface area contributed by atoms with E-state index in [-0.39, 0.29) is 17.2 Å². The monoisotopic (exact) mass is 416 g/mol. The molecule has 0 unspecified atom stereocenters. The van der Waals surface area contributed by atoms with Crippen molar-refractivity contribution >= 4 is 17.3 Å². The van der Waals surface area contributed by atoms with Crippen LogP contribution in [-0.4, -0.2) is 20.6 Å². The van der Waals surface area contributed by atoms with E-state index in [1.54, 1.807) is 30.3 Å². The maximum absolute atomic E-state index is 13.3. The average Bonchev–Trinajstić information content (AvgIpc) is 3.21. The van der Waals surface area contributed by atoms with Crippen LogP contribution in [0.2, 0.25) is 0 Å². The Balaban J connectivity index is 1.75. The number of anilines is 1. The molecule has 7 nitrogen and oxygen atoms in total. The number of hydrogen-bond acceptors (Lipinski definition) is 4. The number of amides is 1. The molecule has 8 heteroatoms. The number of rotatable bonds is 5. The SMILES string of the molecule is Cc1ccc(NC(=O)c2cc(-c3ccc(F)cc3)nn2-c2ccc([N+](=O)[O-])cc2)cc1. The lowest BCUT2D eigenvalue weighted by Gasteiger charge is -2.08. The molecule has 0 bridgehead atoms. The quantitative estimate of drug-likeness (QED) is 0.360. The van der Waals surface area contributed by atoms with E-state index in [1.807, 2.05) is 19.1 Å². The number of hydrogen-bond donors (Lipinski definition) is 1. The zero-order valence-corrected chi connectivity index (χ0v) is 16.4. The van der Waals surface area contributed by atoms with Crippen molar-refractivity contribution in [2.24, 2.45) is 0 Å². The summed E-state index contributed by atoms with van der Waals surface area (Å²) in [6, 6.07) is 20.4. The van der Waals surface area contributed by atoms with Crippen LogP contribution in [-0.2, 0) is 0 Å². The maximum Gasteiger partial charge on any atom is 0.274 e. The highest BCUT2D eigenvalue weighted by Crippen LogP contribution is 2.24. The topological polar surface area (TPSA) is 90.1 Å². The Labute approximate surface area is 176 Å². The summed E-state index contributed by atoms with van der Waals surface area (Å²) in [5.74, 6) is -0.779. The summed E-state index contributed by atoms with van der Waals surface area (Å²) in [4.78, 5) is 23.5. The third-order valence-corrected chi connectivity index (χ3v) is 4.70. The molecule has 3 aromatic carbocycles. The van der Waals surface area contributed by atoms with Gasteiger partial charge in [-0.1, -0.05) is 17.7 Å². The summed E-state index contributed by atoms with van der Waals surface area (Å²) in [7, 11) is 0. The minimum Gasteiger partial charge on any atom is -0.321 e. The Kier molecular flexibility index (Phi) is 5.28. The second-order valence-electron chi connectivity index (χ2n) is 6.93. The summed E-state index contributed by atoms with van der Waals surface area (Å²) in [6.45, 7) is 1.95. The molecule has 0 aliphatic heterocycles. The van der Waals surface area contributed by atoms with Crippen molar-refractivity contribution in [1.29, 1.82) is 0 Å². The number of halogens is 1. The predicted molar refractivity (Wildman–Crippen MR) is 115 cm³/mol. The minimum absolute atomic E-state index is 0.0691. The molecule has 4 aromatic rings. The van der Waals surface area contributed by atoms with Gasteiger partial charge in [0.1, 0.15) is 11.5 Å². The van der Waals surface area contributed by atoms with Gasteiger partial charge < -0.3 is 5.32 Å². The number of nitro benzene ring substituents is 1. The van der Waals surface area contributed by atoms with E-state index < -0.39 is 10.8 Å². The number of nitrogens with zero attached hydrogens (tertiary/aromatic N) is 3. The second kappa shape index (κ2) is 8.19. The molecule has 0 aliphatic rings. The summed E-state index contributed by atoms with van der Waals surface area (Å²) in [5, 5.41) is 18.3. The van der Waals surface area contributed by atoms with E-state index >= 15 is 0 Å². The third-order valence-electron chi connectivity index (χ3n) is 4.70. The van der Waals surface area contributed by atoms with Crippen LogP contribution in [0.15, 0.2) is 78.9 Å². The highest BCUT2D eigenvalue weighted by atomic mass is 19.1. The fraction of sp³-hybridized carbons (Fsp3) is 0.0435. The molecule has 31 heavy (non-hydrogen) atoms. The van der Waals surface area contributed by atoms with Crippen molar-refractivity contribution in [3.63, 3.8) is 0 Å². The zero-order valence-electron chi connectivity index (χ0n) is 16.4. The van der Waals surface area contributed by atoms with Crippen LogP contribution in [0.1, 0.15) is 16.1 Å². The number of nitro groups is 1. The van der Waals surface area contributed by atoms with Gasteiger partial charge in [-0.2, -0.15) is 5.10 Å².